The van der Waals surface area contributed by atoms with Crippen LogP contribution in [0.15, 0.2) is 18.2 Å². The van der Waals surface area contributed by atoms with Crippen molar-refractivity contribution in [3.05, 3.63) is 29.6 Å². The predicted octanol–water partition coefficient (Wildman–Crippen LogP) is 2.46. The number of ether oxygens (including phenoxy) is 1. The zero-order chi connectivity index (χ0) is 13.1. The maximum Gasteiger partial charge on any atom is 0.130 e. The molecule has 0 amide bonds. The van der Waals surface area contributed by atoms with Gasteiger partial charge in [-0.15, -0.1) is 0 Å². The molecule has 0 radical (unpaired) electrons. The first-order chi connectivity index (χ1) is 8.65. The van der Waals surface area contributed by atoms with Crippen molar-refractivity contribution >= 4 is 5.69 Å². The molecule has 1 aliphatic rings. The molecule has 0 bridgehead atoms. The second-order valence-corrected chi connectivity index (χ2v) is 4.79. The van der Waals surface area contributed by atoms with Crippen molar-refractivity contribution in [2.45, 2.75) is 32.4 Å². The predicted molar refractivity (Wildman–Crippen MR) is 71.2 cm³/mol. The first-order valence-corrected chi connectivity index (χ1v) is 6.53. The molecule has 1 fully saturated rings. The monoisotopic (exact) mass is 252 g/mol. The van der Waals surface area contributed by atoms with Gasteiger partial charge in [-0.25, -0.2) is 4.39 Å². The lowest BCUT2D eigenvalue weighted by atomic mass is 10.0. The summed E-state index contributed by atoms with van der Waals surface area (Å²) in [5, 5.41) is 0. The molecule has 4 heteroatoms. The summed E-state index contributed by atoms with van der Waals surface area (Å²) in [6.45, 7) is 6.12. The summed E-state index contributed by atoms with van der Waals surface area (Å²) in [7, 11) is 0. The van der Waals surface area contributed by atoms with Gasteiger partial charge in [0.1, 0.15) is 5.82 Å². The third-order valence-electron chi connectivity index (χ3n) is 3.49. The molecule has 1 aromatic rings. The van der Waals surface area contributed by atoms with Crippen LogP contribution in [0.25, 0.3) is 0 Å². The molecule has 0 aliphatic carbocycles. The Balaban J connectivity index is 2.39. The molecule has 1 saturated heterocycles. The molecule has 2 N–H and O–H groups in total. The number of nitrogens with two attached hydrogens (primary N) is 1. The Bertz CT molecular complexity index is 409. The van der Waals surface area contributed by atoms with Crippen LogP contribution in [-0.4, -0.2) is 25.8 Å². The number of rotatable bonds is 3. The zero-order valence-electron chi connectivity index (χ0n) is 11.0. The molecule has 2 atom stereocenters. The molecule has 1 heterocycles. The van der Waals surface area contributed by atoms with Crippen LogP contribution in [0.3, 0.4) is 0 Å². The van der Waals surface area contributed by atoms with E-state index in [0.717, 1.165) is 18.7 Å². The summed E-state index contributed by atoms with van der Waals surface area (Å²) in [6, 6.07) is 5.18. The normalized spacial score (nSPS) is 22.0. The minimum absolute atomic E-state index is 0.219. The van der Waals surface area contributed by atoms with E-state index in [1.807, 2.05) is 13.0 Å². The summed E-state index contributed by atoms with van der Waals surface area (Å²) in [5.41, 5.74) is 7.44. The van der Waals surface area contributed by atoms with Gasteiger partial charge in [0.2, 0.25) is 0 Å². The summed E-state index contributed by atoms with van der Waals surface area (Å²) >= 11 is 0. The van der Waals surface area contributed by atoms with Crippen LogP contribution < -0.4 is 10.6 Å². The van der Waals surface area contributed by atoms with E-state index in [2.05, 4.69) is 11.8 Å². The zero-order valence-corrected chi connectivity index (χ0v) is 11.0. The van der Waals surface area contributed by atoms with Crippen molar-refractivity contribution in [2.24, 2.45) is 5.73 Å². The van der Waals surface area contributed by atoms with E-state index in [-0.39, 0.29) is 11.9 Å². The fraction of sp³-hybridized carbons (Fsp3) is 0.571. The third-order valence-corrected chi connectivity index (χ3v) is 3.49. The Labute approximate surface area is 108 Å². The SMILES string of the molecule is CCC1COCCN1c1cccc(F)c1C(C)N. The van der Waals surface area contributed by atoms with Gasteiger partial charge in [0, 0.05) is 23.8 Å². The van der Waals surface area contributed by atoms with Crippen LogP contribution in [-0.2, 0) is 4.74 Å². The highest BCUT2D eigenvalue weighted by atomic mass is 19.1. The lowest BCUT2D eigenvalue weighted by Gasteiger charge is -2.38. The number of hydrogen-bond acceptors (Lipinski definition) is 3. The number of benzene rings is 1. The van der Waals surface area contributed by atoms with Gasteiger partial charge in [0.25, 0.3) is 0 Å². The fourth-order valence-electron chi connectivity index (χ4n) is 2.54. The number of anilines is 1. The molecule has 3 nitrogen and oxygen atoms in total. The van der Waals surface area contributed by atoms with Crippen LogP contribution >= 0.6 is 0 Å². The van der Waals surface area contributed by atoms with Crippen LogP contribution in [0.2, 0.25) is 0 Å². The summed E-state index contributed by atoms with van der Waals surface area (Å²) < 4.78 is 19.4. The van der Waals surface area contributed by atoms with Crippen molar-refractivity contribution in [3.63, 3.8) is 0 Å². The lowest BCUT2D eigenvalue weighted by molar-refractivity contribution is 0.0928. The van der Waals surface area contributed by atoms with Gasteiger partial charge < -0.3 is 15.4 Å². The van der Waals surface area contributed by atoms with E-state index in [0.29, 0.717) is 24.8 Å². The Morgan fingerprint density at radius 3 is 3.00 bits per heavy atom. The number of hydrogen-bond donors (Lipinski definition) is 1. The van der Waals surface area contributed by atoms with Gasteiger partial charge in [-0.2, -0.15) is 0 Å². The van der Waals surface area contributed by atoms with Crippen LogP contribution in [0.4, 0.5) is 10.1 Å². The molecule has 0 spiro atoms. The molecule has 1 aromatic carbocycles. The van der Waals surface area contributed by atoms with Gasteiger partial charge >= 0.3 is 0 Å². The van der Waals surface area contributed by atoms with Gasteiger partial charge in [-0.3, -0.25) is 0 Å². The minimum Gasteiger partial charge on any atom is -0.377 e. The molecule has 0 aromatic heterocycles. The average molecular weight is 252 g/mol. The topological polar surface area (TPSA) is 38.5 Å². The first kappa shape index (κ1) is 13.3. The van der Waals surface area contributed by atoms with Crippen LogP contribution in [0.1, 0.15) is 31.9 Å². The van der Waals surface area contributed by atoms with Gasteiger partial charge in [-0.1, -0.05) is 13.0 Å². The van der Waals surface area contributed by atoms with E-state index in [4.69, 9.17) is 10.5 Å². The summed E-state index contributed by atoms with van der Waals surface area (Å²) in [5.74, 6) is -0.219. The summed E-state index contributed by atoms with van der Waals surface area (Å²) in [4.78, 5) is 2.23. The van der Waals surface area contributed by atoms with Crippen molar-refractivity contribution < 1.29 is 9.13 Å². The molecule has 100 valence electrons. The number of morpholine rings is 1. The Morgan fingerprint density at radius 1 is 1.56 bits per heavy atom. The lowest BCUT2D eigenvalue weighted by Crippen LogP contribution is -2.45. The second kappa shape index (κ2) is 5.67. The quantitative estimate of drug-likeness (QED) is 0.898. The highest BCUT2D eigenvalue weighted by Gasteiger charge is 2.25. The molecule has 2 rings (SSSR count). The molecule has 18 heavy (non-hydrogen) atoms. The van der Waals surface area contributed by atoms with Crippen molar-refractivity contribution in [2.75, 3.05) is 24.7 Å². The maximum atomic E-state index is 13.9. The Morgan fingerprint density at radius 2 is 2.33 bits per heavy atom. The van der Waals surface area contributed by atoms with E-state index in [1.54, 1.807) is 6.07 Å². The first-order valence-electron chi connectivity index (χ1n) is 6.53. The van der Waals surface area contributed by atoms with Gasteiger partial charge in [0.05, 0.1) is 19.3 Å². The molecular weight excluding hydrogens is 231 g/mol. The van der Waals surface area contributed by atoms with E-state index < -0.39 is 0 Å². The van der Waals surface area contributed by atoms with Gasteiger partial charge in [-0.05, 0) is 25.5 Å². The van der Waals surface area contributed by atoms with Gasteiger partial charge in [0.15, 0.2) is 0 Å². The highest BCUT2D eigenvalue weighted by molar-refractivity contribution is 5.56. The maximum absolute atomic E-state index is 13.9. The Hall–Kier alpha value is -1.13. The largest absolute Gasteiger partial charge is 0.377 e. The fourth-order valence-corrected chi connectivity index (χ4v) is 2.54. The molecule has 0 saturated carbocycles. The number of halogens is 1. The molecular formula is C14H21FN2O. The van der Waals surface area contributed by atoms with Crippen LogP contribution in [0, 0.1) is 5.82 Å². The van der Waals surface area contributed by atoms with E-state index in [9.17, 15) is 4.39 Å². The van der Waals surface area contributed by atoms with E-state index >= 15 is 0 Å². The smallest absolute Gasteiger partial charge is 0.130 e. The molecule has 1 aliphatic heterocycles. The standard InChI is InChI=1S/C14H21FN2O/c1-3-11-9-18-8-7-17(11)13-6-4-5-12(15)14(13)10(2)16/h4-6,10-11H,3,7-9,16H2,1-2H3. The van der Waals surface area contributed by atoms with Crippen molar-refractivity contribution in [1.29, 1.82) is 0 Å². The van der Waals surface area contributed by atoms with E-state index in [1.165, 1.54) is 6.07 Å². The van der Waals surface area contributed by atoms with Crippen molar-refractivity contribution in [3.8, 4) is 0 Å². The second-order valence-electron chi connectivity index (χ2n) is 4.79. The summed E-state index contributed by atoms with van der Waals surface area (Å²) in [6.07, 6.45) is 0.981. The number of nitrogens with zero attached hydrogens (tertiary/aromatic N) is 1. The van der Waals surface area contributed by atoms with Crippen molar-refractivity contribution in [1.82, 2.24) is 0 Å². The Kier molecular flexibility index (Phi) is 4.19. The average Bonchev–Trinajstić information content (AvgIpc) is 2.38. The van der Waals surface area contributed by atoms with Crippen LogP contribution in [0.5, 0.6) is 0 Å². The third kappa shape index (κ3) is 2.49. The highest BCUT2D eigenvalue weighted by Crippen LogP contribution is 2.30. The minimum atomic E-state index is -0.304. The molecule has 2 unspecified atom stereocenters.